The maximum atomic E-state index is 13.5. The predicted octanol–water partition coefficient (Wildman–Crippen LogP) is 1.65. The third-order valence-corrected chi connectivity index (χ3v) is 5.66. The van der Waals surface area contributed by atoms with Crippen molar-refractivity contribution in [3.05, 3.63) is 99.0 Å². The predicted molar refractivity (Wildman–Crippen MR) is 135 cm³/mol. The Balaban J connectivity index is 1.76. The Morgan fingerprint density at radius 3 is 2.00 bits per heavy atom. The fourth-order valence-corrected chi connectivity index (χ4v) is 3.68. The molecule has 0 radical (unpaired) electrons. The Morgan fingerprint density at radius 1 is 0.833 bits per heavy atom. The van der Waals surface area contributed by atoms with Gasteiger partial charge < -0.3 is 4.57 Å². The Hall–Kier alpha value is -4.47. The summed E-state index contributed by atoms with van der Waals surface area (Å²) in [6, 6.07) is 18.9. The van der Waals surface area contributed by atoms with E-state index in [4.69, 9.17) is 0 Å². The molecule has 0 aliphatic carbocycles. The molecule has 2 amide bonds. The Labute approximate surface area is 207 Å². The number of hydrogen-bond acceptors (Lipinski definition) is 5. The molecule has 2 N–H and O–H groups in total. The van der Waals surface area contributed by atoms with E-state index in [1.165, 1.54) is 10.9 Å². The van der Waals surface area contributed by atoms with Crippen LogP contribution in [0.5, 0.6) is 0 Å². The van der Waals surface area contributed by atoms with E-state index in [0.29, 0.717) is 6.54 Å². The van der Waals surface area contributed by atoms with Crippen molar-refractivity contribution in [3.8, 4) is 0 Å². The van der Waals surface area contributed by atoms with Crippen molar-refractivity contribution in [2.24, 2.45) is 5.41 Å². The zero-order chi connectivity index (χ0) is 25.9. The topological polar surface area (TPSA) is 120 Å². The standard InChI is InChI=1S/C26H28N6O4/c1-26(2,3)24(35)29-28-20(33)16-32-23(34)21-22(27-17-30(21)14-18-10-6-4-7-11-18)31(25(32)36)15-19-12-8-5-9-13-19/h4-13,17H,14-16H2,1-3H3,(H,28,33)(H,29,35). The van der Waals surface area contributed by atoms with Crippen LogP contribution in [0, 0.1) is 5.41 Å². The number of benzene rings is 2. The van der Waals surface area contributed by atoms with Crippen molar-refractivity contribution < 1.29 is 9.59 Å². The molecule has 186 valence electrons. The summed E-state index contributed by atoms with van der Waals surface area (Å²) in [6.45, 7) is 5.06. The number of nitrogens with one attached hydrogen (secondary N) is 2. The first-order valence-electron chi connectivity index (χ1n) is 11.5. The highest BCUT2D eigenvalue weighted by Crippen LogP contribution is 2.13. The number of aromatic nitrogens is 4. The van der Waals surface area contributed by atoms with Gasteiger partial charge in [-0.25, -0.2) is 14.3 Å². The van der Waals surface area contributed by atoms with Crippen LogP contribution < -0.4 is 22.1 Å². The van der Waals surface area contributed by atoms with Gasteiger partial charge in [0.2, 0.25) is 5.91 Å². The highest BCUT2D eigenvalue weighted by atomic mass is 16.2. The van der Waals surface area contributed by atoms with Crippen molar-refractivity contribution in [2.45, 2.75) is 40.4 Å². The van der Waals surface area contributed by atoms with Gasteiger partial charge in [-0.15, -0.1) is 0 Å². The third-order valence-electron chi connectivity index (χ3n) is 5.66. The maximum absolute atomic E-state index is 13.5. The van der Waals surface area contributed by atoms with Crippen molar-refractivity contribution in [3.63, 3.8) is 0 Å². The number of rotatable bonds is 6. The van der Waals surface area contributed by atoms with E-state index in [2.05, 4.69) is 15.8 Å². The number of carbonyl (C=O) groups is 2. The van der Waals surface area contributed by atoms with Crippen molar-refractivity contribution in [1.29, 1.82) is 0 Å². The highest BCUT2D eigenvalue weighted by molar-refractivity contribution is 5.85. The Morgan fingerprint density at radius 2 is 1.42 bits per heavy atom. The molecule has 2 aromatic heterocycles. The molecule has 2 heterocycles. The summed E-state index contributed by atoms with van der Waals surface area (Å²) in [5, 5.41) is 0. The van der Waals surface area contributed by atoms with Crippen LogP contribution in [0.25, 0.3) is 11.2 Å². The van der Waals surface area contributed by atoms with Crippen molar-refractivity contribution >= 4 is 23.0 Å². The van der Waals surface area contributed by atoms with Gasteiger partial charge in [0.15, 0.2) is 11.2 Å². The SMILES string of the molecule is CC(C)(C)C(=O)NNC(=O)Cn1c(=O)c2c(ncn2Cc2ccccc2)n(Cc2ccccc2)c1=O. The van der Waals surface area contributed by atoms with Crippen LogP contribution >= 0.6 is 0 Å². The third kappa shape index (κ3) is 5.27. The summed E-state index contributed by atoms with van der Waals surface area (Å²) in [5.41, 5.74) is 4.83. The zero-order valence-corrected chi connectivity index (χ0v) is 20.4. The lowest BCUT2D eigenvalue weighted by Crippen LogP contribution is -2.50. The van der Waals surface area contributed by atoms with Gasteiger partial charge in [-0.2, -0.15) is 0 Å². The fraction of sp³-hybridized carbons (Fsp3) is 0.269. The Kier molecular flexibility index (Phi) is 6.86. The molecule has 2 aromatic carbocycles. The maximum Gasteiger partial charge on any atom is 0.333 e. The van der Waals surface area contributed by atoms with Gasteiger partial charge in [0.1, 0.15) is 6.54 Å². The van der Waals surface area contributed by atoms with Gasteiger partial charge in [0, 0.05) is 12.0 Å². The molecule has 0 saturated carbocycles. The van der Waals surface area contributed by atoms with E-state index < -0.39 is 35.0 Å². The normalized spacial score (nSPS) is 11.4. The molecule has 10 heteroatoms. The molecule has 0 aliphatic rings. The van der Waals surface area contributed by atoms with Gasteiger partial charge in [-0.05, 0) is 11.1 Å². The van der Waals surface area contributed by atoms with Crippen LogP contribution in [0.1, 0.15) is 31.9 Å². The number of fused-ring (bicyclic) bond motifs is 1. The van der Waals surface area contributed by atoms with Crippen LogP contribution in [-0.4, -0.2) is 30.5 Å². The van der Waals surface area contributed by atoms with E-state index in [1.807, 2.05) is 60.7 Å². The average molecular weight is 489 g/mol. The summed E-state index contributed by atoms with van der Waals surface area (Å²) in [4.78, 5) is 56.0. The molecule has 10 nitrogen and oxygen atoms in total. The average Bonchev–Trinajstić information content (AvgIpc) is 3.27. The molecule has 4 rings (SSSR count). The van der Waals surface area contributed by atoms with E-state index in [9.17, 15) is 19.2 Å². The van der Waals surface area contributed by atoms with E-state index >= 15 is 0 Å². The largest absolute Gasteiger partial charge is 0.333 e. The van der Waals surface area contributed by atoms with Crippen LogP contribution in [0.2, 0.25) is 0 Å². The van der Waals surface area contributed by atoms with E-state index in [-0.39, 0.29) is 17.7 Å². The number of amides is 2. The van der Waals surface area contributed by atoms with E-state index in [1.54, 1.807) is 25.3 Å². The lowest BCUT2D eigenvalue weighted by molar-refractivity contribution is -0.133. The molecule has 0 bridgehead atoms. The van der Waals surface area contributed by atoms with Gasteiger partial charge in [0.25, 0.3) is 11.5 Å². The van der Waals surface area contributed by atoms with Crippen LogP contribution in [-0.2, 0) is 29.2 Å². The van der Waals surface area contributed by atoms with Crippen LogP contribution in [0.4, 0.5) is 0 Å². The van der Waals surface area contributed by atoms with Crippen molar-refractivity contribution in [1.82, 2.24) is 29.5 Å². The van der Waals surface area contributed by atoms with Crippen LogP contribution in [0.3, 0.4) is 0 Å². The molecule has 0 spiro atoms. The van der Waals surface area contributed by atoms with Gasteiger partial charge >= 0.3 is 5.69 Å². The molecule has 0 aliphatic heterocycles. The second-order valence-corrected chi connectivity index (χ2v) is 9.53. The molecule has 0 fully saturated rings. The Bertz CT molecular complexity index is 1510. The minimum absolute atomic E-state index is 0.168. The molecular formula is C26H28N6O4. The molecular weight excluding hydrogens is 460 g/mol. The first-order valence-corrected chi connectivity index (χ1v) is 11.5. The van der Waals surface area contributed by atoms with Gasteiger partial charge in [-0.3, -0.25) is 29.8 Å². The number of hydrogen-bond donors (Lipinski definition) is 2. The van der Waals surface area contributed by atoms with Gasteiger partial charge in [-0.1, -0.05) is 81.4 Å². The summed E-state index contributed by atoms with van der Waals surface area (Å²) >= 11 is 0. The summed E-state index contributed by atoms with van der Waals surface area (Å²) < 4.78 is 3.92. The molecule has 0 atom stereocenters. The number of hydrazine groups is 1. The molecule has 4 aromatic rings. The van der Waals surface area contributed by atoms with Crippen LogP contribution in [0.15, 0.2) is 76.6 Å². The van der Waals surface area contributed by atoms with Crippen molar-refractivity contribution in [2.75, 3.05) is 0 Å². The molecule has 36 heavy (non-hydrogen) atoms. The number of imidazole rings is 1. The quantitative estimate of drug-likeness (QED) is 0.400. The summed E-state index contributed by atoms with van der Waals surface area (Å²) in [6.07, 6.45) is 1.52. The first kappa shape index (κ1) is 24.6. The second-order valence-electron chi connectivity index (χ2n) is 9.53. The number of nitrogens with zero attached hydrogens (tertiary/aromatic N) is 4. The zero-order valence-electron chi connectivity index (χ0n) is 20.4. The monoisotopic (exact) mass is 488 g/mol. The first-order chi connectivity index (χ1) is 17.1. The molecule has 0 saturated heterocycles. The number of carbonyl (C=O) groups excluding carboxylic acids is 2. The summed E-state index contributed by atoms with van der Waals surface area (Å²) in [7, 11) is 0. The van der Waals surface area contributed by atoms with Gasteiger partial charge in [0.05, 0.1) is 12.9 Å². The fourth-order valence-electron chi connectivity index (χ4n) is 3.68. The smallest absolute Gasteiger partial charge is 0.320 e. The lowest BCUT2D eigenvalue weighted by atomic mass is 9.96. The van der Waals surface area contributed by atoms with E-state index in [0.717, 1.165) is 15.7 Å². The minimum atomic E-state index is -0.727. The lowest BCUT2D eigenvalue weighted by Gasteiger charge is -2.18. The minimum Gasteiger partial charge on any atom is -0.320 e. The summed E-state index contributed by atoms with van der Waals surface area (Å²) in [5.74, 6) is -1.10. The highest BCUT2D eigenvalue weighted by Gasteiger charge is 2.23. The molecule has 0 unspecified atom stereocenters. The second kappa shape index (κ2) is 10.0.